The number of carbonyl (C=O) groups is 1. The van der Waals surface area contributed by atoms with Gasteiger partial charge in [-0.3, -0.25) is 9.10 Å². The van der Waals surface area contributed by atoms with Crippen molar-refractivity contribution >= 4 is 33.2 Å². The maximum absolute atomic E-state index is 13.5. The van der Waals surface area contributed by atoms with E-state index in [1.807, 2.05) is 31.2 Å². The van der Waals surface area contributed by atoms with Gasteiger partial charge in [0.05, 0.1) is 23.7 Å². The number of carbonyl (C=O) groups excluding carboxylic acids is 1. The Morgan fingerprint density at radius 2 is 1.65 bits per heavy atom. The van der Waals surface area contributed by atoms with Gasteiger partial charge in [0.15, 0.2) is 0 Å². The topological polar surface area (TPSA) is 84.9 Å². The van der Waals surface area contributed by atoms with Gasteiger partial charge in [-0.25, -0.2) is 8.42 Å². The Morgan fingerprint density at radius 3 is 2.32 bits per heavy atom. The number of amides is 1. The Morgan fingerprint density at radius 1 is 0.971 bits per heavy atom. The molecule has 0 fully saturated rings. The number of hydrogen-bond donors (Lipinski definition) is 1. The van der Waals surface area contributed by atoms with Crippen LogP contribution in [0.25, 0.3) is 0 Å². The van der Waals surface area contributed by atoms with E-state index in [1.54, 1.807) is 31.2 Å². The van der Waals surface area contributed by atoms with Gasteiger partial charge in [-0.2, -0.15) is 0 Å². The highest BCUT2D eigenvalue weighted by Crippen LogP contribution is 2.32. The smallest absolute Gasteiger partial charge is 0.264 e. The van der Waals surface area contributed by atoms with Crippen LogP contribution in [0.15, 0.2) is 77.7 Å². The molecule has 0 aromatic heterocycles. The lowest BCUT2D eigenvalue weighted by atomic mass is 10.2. The van der Waals surface area contributed by atoms with Crippen molar-refractivity contribution in [1.29, 1.82) is 0 Å². The predicted octanol–water partition coefficient (Wildman–Crippen LogP) is 4.44. The molecule has 34 heavy (non-hydrogen) atoms. The van der Waals surface area contributed by atoms with Crippen molar-refractivity contribution in [2.45, 2.75) is 18.7 Å². The number of aryl methyl sites for hydroxylation is 1. The van der Waals surface area contributed by atoms with Gasteiger partial charge in [0, 0.05) is 5.02 Å². The minimum Gasteiger partial charge on any atom is -0.492 e. The zero-order valence-electron chi connectivity index (χ0n) is 19.0. The first-order valence-corrected chi connectivity index (χ1v) is 12.6. The second-order valence-corrected chi connectivity index (χ2v) is 9.68. The van der Waals surface area contributed by atoms with Crippen LogP contribution in [0.1, 0.15) is 12.5 Å². The van der Waals surface area contributed by atoms with Crippen molar-refractivity contribution in [3.8, 4) is 11.5 Å². The Labute approximate surface area is 205 Å². The average molecular weight is 503 g/mol. The number of anilines is 1. The third-order valence-electron chi connectivity index (χ3n) is 4.84. The van der Waals surface area contributed by atoms with Gasteiger partial charge in [0.1, 0.15) is 24.7 Å². The molecule has 0 spiro atoms. The molecule has 0 bridgehead atoms. The summed E-state index contributed by atoms with van der Waals surface area (Å²) in [5.41, 5.74) is 1.39. The van der Waals surface area contributed by atoms with E-state index in [9.17, 15) is 13.2 Å². The summed E-state index contributed by atoms with van der Waals surface area (Å²) in [6.07, 6.45) is 0. The van der Waals surface area contributed by atoms with E-state index in [4.69, 9.17) is 21.1 Å². The van der Waals surface area contributed by atoms with Gasteiger partial charge >= 0.3 is 0 Å². The first-order chi connectivity index (χ1) is 16.3. The lowest BCUT2D eigenvalue weighted by Gasteiger charge is -2.26. The van der Waals surface area contributed by atoms with Gasteiger partial charge in [-0.05, 0) is 62.4 Å². The molecule has 0 atom stereocenters. The Hall–Kier alpha value is -3.23. The summed E-state index contributed by atoms with van der Waals surface area (Å²) in [7, 11) is -4.08. The Balaban J connectivity index is 1.76. The van der Waals surface area contributed by atoms with Gasteiger partial charge in [0.2, 0.25) is 5.91 Å². The highest BCUT2D eigenvalue weighted by atomic mass is 35.5. The van der Waals surface area contributed by atoms with E-state index in [2.05, 4.69) is 5.32 Å². The Bertz CT molecular complexity index is 1200. The van der Waals surface area contributed by atoms with Gasteiger partial charge in [-0.15, -0.1) is 0 Å². The summed E-state index contributed by atoms with van der Waals surface area (Å²) in [5, 5.41) is 3.13. The third-order valence-corrected chi connectivity index (χ3v) is 6.86. The number of hydrogen-bond acceptors (Lipinski definition) is 5. The van der Waals surface area contributed by atoms with E-state index in [1.165, 1.54) is 24.3 Å². The highest BCUT2D eigenvalue weighted by molar-refractivity contribution is 7.92. The summed E-state index contributed by atoms with van der Waals surface area (Å²) in [4.78, 5) is 12.8. The van der Waals surface area contributed by atoms with Gasteiger partial charge in [-0.1, -0.05) is 41.4 Å². The zero-order valence-corrected chi connectivity index (χ0v) is 20.6. The molecule has 180 valence electrons. The number of halogens is 1. The molecule has 0 radical (unpaired) electrons. The lowest BCUT2D eigenvalue weighted by molar-refractivity contribution is -0.119. The predicted molar refractivity (Wildman–Crippen MR) is 133 cm³/mol. The number of nitrogens with zero attached hydrogens (tertiary/aromatic N) is 1. The molecule has 0 unspecified atom stereocenters. The maximum Gasteiger partial charge on any atom is 0.264 e. The molecule has 3 rings (SSSR count). The SMILES string of the molecule is CCOc1ccccc1N(CC(=O)NCCOc1ccc(C)cc1)S(=O)(=O)c1ccc(Cl)cc1. The molecule has 1 amide bonds. The first-order valence-electron chi connectivity index (χ1n) is 10.8. The van der Waals surface area contributed by atoms with E-state index >= 15 is 0 Å². The lowest BCUT2D eigenvalue weighted by Crippen LogP contribution is -2.42. The normalized spacial score (nSPS) is 11.0. The monoisotopic (exact) mass is 502 g/mol. The molecular weight excluding hydrogens is 476 g/mol. The van der Waals surface area contributed by atoms with Crippen LogP contribution in [0.4, 0.5) is 5.69 Å². The van der Waals surface area contributed by atoms with Crippen LogP contribution < -0.4 is 19.1 Å². The first kappa shape index (κ1) is 25.4. The van der Waals surface area contributed by atoms with Crippen LogP contribution in [0.3, 0.4) is 0 Å². The highest BCUT2D eigenvalue weighted by Gasteiger charge is 2.29. The second-order valence-electron chi connectivity index (χ2n) is 7.38. The molecular formula is C25H27ClN2O5S. The number of sulfonamides is 1. The molecule has 7 nitrogen and oxygen atoms in total. The molecule has 3 aromatic rings. The molecule has 0 aliphatic rings. The fourth-order valence-electron chi connectivity index (χ4n) is 3.15. The summed E-state index contributed by atoms with van der Waals surface area (Å²) in [6, 6.07) is 20.1. The molecule has 0 aliphatic carbocycles. The standard InChI is InChI=1S/C25H27ClN2O5S/c1-3-32-24-7-5-4-6-23(24)28(34(30,31)22-14-10-20(26)11-15-22)18-25(29)27-16-17-33-21-12-8-19(2)9-13-21/h4-15H,3,16-18H2,1-2H3,(H,27,29). The van der Waals surface area contributed by atoms with Crippen molar-refractivity contribution in [3.05, 3.63) is 83.4 Å². The molecule has 1 N–H and O–H groups in total. The molecule has 9 heteroatoms. The van der Waals surface area contributed by atoms with Crippen molar-refractivity contribution < 1.29 is 22.7 Å². The average Bonchev–Trinajstić information content (AvgIpc) is 2.82. The van der Waals surface area contributed by atoms with E-state index in [0.29, 0.717) is 23.1 Å². The van der Waals surface area contributed by atoms with Crippen LogP contribution in [0.5, 0.6) is 11.5 Å². The summed E-state index contributed by atoms with van der Waals surface area (Å²) in [6.45, 7) is 4.16. The fraction of sp³-hybridized carbons (Fsp3) is 0.240. The number of rotatable bonds is 11. The minimum atomic E-state index is -4.08. The van der Waals surface area contributed by atoms with Crippen LogP contribution >= 0.6 is 11.6 Å². The molecule has 3 aromatic carbocycles. The summed E-state index contributed by atoms with van der Waals surface area (Å²) < 4.78 is 39.3. The van der Waals surface area contributed by atoms with Gasteiger partial charge in [0.25, 0.3) is 10.0 Å². The number of para-hydroxylation sites is 2. The zero-order chi connectivity index (χ0) is 24.6. The van der Waals surface area contributed by atoms with Crippen LogP contribution in [-0.4, -0.2) is 40.6 Å². The number of benzene rings is 3. The summed E-state index contributed by atoms with van der Waals surface area (Å²) >= 11 is 5.93. The number of nitrogens with one attached hydrogen (secondary N) is 1. The number of ether oxygens (including phenoxy) is 2. The van der Waals surface area contributed by atoms with Crippen LogP contribution in [0, 0.1) is 6.92 Å². The maximum atomic E-state index is 13.5. The molecule has 0 saturated carbocycles. The van der Waals surface area contributed by atoms with Crippen molar-refractivity contribution in [2.24, 2.45) is 0 Å². The van der Waals surface area contributed by atoms with Gasteiger partial charge < -0.3 is 14.8 Å². The summed E-state index contributed by atoms with van der Waals surface area (Å²) in [5.74, 6) is 0.576. The molecule has 0 aliphatic heterocycles. The largest absolute Gasteiger partial charge is 0.492 e. The third kappa shape index (κ3) is 6.65. The second kappa shape index (κ2) is 11.8. The van der Waals surface area contributed by atoms with E-state index < -0.39 is 22.5 Å². The van der Waals surface area contributed by atoms with Crippen molar-refractivity contribution in [3.63, 3.8) is 0 Å². The molecule has 0 heterocycles. The molecule has 0 saturated heterocycles. The van der Waals surface area contributed by atoms with E-state index in [-0.39, 0.29) is 23.7 Å². The van der Waals surface area contributed by atoms with E-state index in [0.717, 1.165) is 9.87 Å². The Kier molecular flexibility index (Phi) is 8.79. The quantitative estimate of drug-likeness (QED) is 0.392. The fourth-order valence-corrected chi connectivity index (χ4v) is 4.71. The minimum absolute atomic E-state index is 0.0127. The van der Waals surface area contributed by atoms with Crippen LogP contribution in [0.2, 0.25) is 5.02 Å². The van der Waals surface area contributed by atoms with Crippen LogP contribution in [-0.2, 0) is 14.8 Å². The van der Waals surface area contributed by atoms with Crippen molar-refractivity contribution in [1.82, 2.24) is 5.32 Å². The van der Waals surface area contributed by atoms with Crippen molar-refractivity contribution in [2.75, 3.05) is 30.6 Å².